The van der Waals surface area contributed by atoms with Gasteiger partial charge in [0.25, 0.3) is 5.91 Å². The topological polar surface area (TPSA) is 73.9 Å². The van der Waals surface area contributed by atoms with E-state index in [0.717, 1.165) is 12.1 Å². The van der Waals surface area contributed by atoms with Crippen molar-refractivity contribution in [3.05, 3.63) is 53.3 Å². The highest BCUT2D eigenvalue weighted by molar-refractivity contribution is 7.80. The molecule has 2 aliphatic heterocycles. The van der Waals surface area contributed by atoms with Crippen LogP contribution in [-0.2, 0) is 14.3 Å². The van der Waals surface area contributed by atoms with Gasteiger partial charge < -0.3 is 25.2 Å². The number of nitrogens with one attached hydrogen (secondary N) is 2. The predicted octanol–water partition coefficient (Wildman–Crippen LogP) is 3.64. The van der Waals surface area contributed by atoms with Gasteiger partial charge in [-0.25, -0.2) is 4.39 Å². The zero-order valence-electron chi connectivity index (χ0n) is 17.1. The van der Waals surface area contributed by atoms with Crippen molar-refractivity contribution in [2.75, 3.05) is 41.8 Å². The van der Waals surface area contributed by atoms with E-state index in [9.17, 15) is 14.0 Å². The van der Waals surface area contributed by atoms with E-state index in [1.165, 1.54) is 17.0 Å². The minimum atomic E-state index is -0.610. The summed E-state index contributed by atoms with van der Waals surface area (Å²) >= 11 is 11.4. The second kappa shape index (κ2) is 9.81. The minimum Gasteiger partial charge on any atom is -0.370 e. The molecule has 2 N–H and O–H groups in total. The van der Waals surface area contributed by atoms with Crippen LogP contribution in [-0.4, -0.2) is 54.2 Å². The summed E-state index contributed by atoms with van der Waals surface area (Å²) in [5.74, 6) is -1.17. The molecule has 168 valence electrons. The predicted molar refractivity (Wildman–Crippen MR) is 126 cm³/mol. The van der Waals surface area contributed by atoms with Crippen LogP contribution >= 0.6 is 23.8 Å². The van der Waals surface area contributed by atoms with E-state index in [-0.39, 0.29) is 24.1 Å². The number of carbonyl (C=O) groups excluding carboxylic acids is 2. The molecule has 7 nitrogen and oxygen atoms in total. The fourth-order valence-electron chi connectivity index (χ4n) is 3.79. The van der Waals surface area contributed by atoms with Gasteiger partial charge in [0.1, 0.15) is 18.5 Å². The molecule has 0 bridgehead atoms. The Morgan fingerprint density at radius 1 is 1.16 bits per heavy atom. The standard InChI is InChI=1S/C22H22ClFN4O3S/c23-14-3-5-15(6-4-14)25-22(32)28-9-1-2-19(28)21(30)26-18-8-7-16(12-17(18)24)27-10-11-31-13-20(27)29/h3-8,12,19H,1-2,9-11,13H2,(H,25,32)(H,26,30)/t19-/m1/s1. The summed E-state index contributed by atoms with van der Waals surface area (Å²) in [4.78, 5) is 28.2. The van der Waals surface area contributed by atoms with Crippen molar-refractivity contribution < 1.29 is 18.7 Å². The van der Waals surface area contributed by atoms with Gasteiger partial charge in [-0.3, -0.25) is 9.59 Å². The van der Waals surface area contributed by atoms with Crippen molar-refractivity contribution in [3.63, 3.8) is 0 Å². The SMILES string of the molecule is O=C(Nc1ccc(N2CCOCC2=O)cc1F)[C@H]1CCCN1C(=S)Nc1ccc(Cl)cc1. The van der Waals surface area contributed by atoms with Crippen LogP contribution in [0.4, 0.5) is 21.5 Å². The number of morpholine rings is 1. The Balaban J connectivity index is 1.41. The van der Waals surface area contributed by atoms with Gasteiger partial charge >= 0.3 is 0 Å². The number of benzene rings is 2. The number of amides is 2. The summed E-state index contributed by atoms with van der Waals surface area (Å²) in [7, 11) is 0. The van der Waals surface area contributed by atoms with Gasteiger partial charge in [0.05, 0.1) is 12.3 Å². The Kier molecular flexibility index (Phi) is 6.88. The van der Waals surface area contributed by atoms with E-state index in [0.29, 0.717) is 41.9 Å². The monoisotopic (exact) mass is 476 g/mol. The van der Waals surface area contributed by atoms with E-state index < -0.39 is 11.9 Å². The molecule has 0 spiro atoms. The molecule has 2 aromatic carbocycles. The highest BCUT2D eigenvalue weighted by Gasteiger charge is 2.33. The Morgan fingerprint density at radius 3 is 2.66 bits per heavy atom. The number of likely N-dealkylation sites (tertiary alicyclic amines) is 1. The van der Waals surface area contributed by atoms with Crippen molar-refractivity contribution in [1.29, 1.82) is 0 Å². The van der Waals surface area contributed by atoms with Crippen LogP contribution < -0.4 is 15.5 Å². The Morgan fingerprint density at radius 2 is 1.94 bits per heavy atom. The van der Waals surface area contributed by atoms with Crippen molar-refractivity contribution in [3.8, 4) is 0 Å². The number of carbonyl (C=O) groups is 2. The zero-order valence-corrected chi connectivity index (χ0v) is 18.7. The average Bonchev–Trinajstić information content (AvgIpc) is 3.27. The Hall–Kier alpha value is -2.75. The first-order valence-electron chi connectivity index (χ1n) is 10.2. The largest absolute Gasteiger partial charge is 0.370 e. The Bertz CT molecular complexity index is 1040. The van der Waals surface area contributed by atoms with Crippen molar-refractivity contribution in [1.82, 2.24) is 4.90 Å². The molecule has 2 fully saturated rings. The van der Waals surface area contributed by atoms with Crippen molar-refractivity contribution >= 4 is 57.8 Å². The number of hydrogen-bond donors (Lipinski definition) is 2. The summed E-state index contributed by atoms with van der Waals surface area (Å²) < 4.78 is 19.8. The number of hydrogen-bond acceptors (Lipinski definition) is 4. The van der Waals surface area contributed by atoms with E-state index in [4.69, 9.17) is 28.6 Å². The van der Waals surface area contributed by atoms with Crippen LogP contribution in [0.1, 0.15) is 12.8 Å². The van der Waals surface area contributed by atoms with Gasteiger partial charge in [0, 0.05) is 29.5 Å². The molecule has 0 unspecified atom stereocenters. The lowest BCUT2D eigenvalue weighted by molar-refractivity contribution is -0.125. The fraction of sp³-hybridized carbons (Fsp3) is 0.318. The average molecular weight is 477 g/mol. The number of anilines is 3. The third-order valence-electron chi connectivity index (χ3n) is 5.42. The third kappa shape index (κ3) is 5.01. The molecule has 2 heterocycles. The fourth-order valence-corrected chi connectivity index (χ4v) is 4.25. The van der Waals surface area contributed by atoms with Crippen molar-refractivity contribution in [2.24, 2.45) is 0 Å². The lowest BCUT2D eigenvalue weighted by Crippen LogP contribution is -2.45. The lowest BCUT2D eigenvalue weighted by Gasteiger charge is -2.28. The van der Waals surface area contributed by atoms with Gasteiger partial charge in [-0.15, -0.1) is 0 Å². The molecule has 2 saturated heterocycles. The molecule has 2 amide bonds. The van der Waals surface area contributed by atoms with E-state index in [2.05, 4.69) is 10.6 Å². The normalized spacial score (nSPS) is 18.6. The van der Waals surface area contributed by atoms with Crippen LogP contribution in [0.3, 0.4) is 0 Å². The molecule has 1 atom stereocenters. The third-order valence-corrected chi connectivity index (χ3v) is 6.01. The molecule has 2 aliphatic rings. The highest BCUT2D eigenvalue weighted by Crippen LogP contribution is 2.26. The number of halogens is 2. The van der Waals surface area contributed by atoms with E-state index >= 15 is 0 Å². The van der Waals surface area contributed by atoms with Crippen molar-refractivity contribution in [2.45, 2.75) is 18.9 Å². The lowest BCUT2D eigenvalue weighted by atomic mass is 10.2. The summed E-state index contributed by atoms with van der Waals surface area (Å²) in [5, 5.41) is 6.82. The molecule has 4 rings (SSSR count). The smallest absolute Gasteiger partial charge is 0.253 e. The highest BCUT2D eigenvalue weighted by atomic mass is 35.5. The van der Waals surface area contributed by atoms with Crippen LogP contribution in [0.2, 0.25) is 5.02 Å². The molecular formula is C22H22ClFN4O3S. The number of nitrogens with zero attached hydrogens (tertiary/aromatic N) is 2. The zero-order chi connectivity index (χ0) is 22.7. The maximum Gasteiger partial charge on any atom is 0.253 e. The van der Waals surface area contributed by atoms with E-state index in [1.54, 1.807) is 35.2 Å². The maximum absolute atomic E-state index is 14.7. The molecule has 0 radical (unpaired) electrons. The second-order valence-corrected chi connectivity index (χ2v) is 8.36. The van der Waals surface area contributed by atoms with Crippen LogP contribution in [0.15, 0.2) is 42.5 Å². The summed E-state index contributed by atoms with van der Waals surface area (Å²) in [6.07, 6.45) is 1.40. The Labute approximate surface area is 195 Å². The van der Waals surface area contributed by atoms with Gasteiger partial charge in [-0.05, 0) is 67.5 Å². The molecule has 0 saturated carbocycles. The molecule has 0 aliphatic carbocycles. The summed E-state index contributed by atoms with van der Waals surface area (Å²) in [5.41, 5.74) is 1.26. The quantitative estimate of drug-likeness (QED) is 0.656. The van der Waals surface area contributed by atoms with Gasteiger partial charge in [0.15, 0.2) is 5.11 Å². The summed E-state index contributed by atoms with van der Waals surface area (Å²) in [6, 6.07) is 10.9. The van der Waals surface area contributed by atoms with Gasteiger partial charge in [-0.1, -0.05) is 11.6 Å². The molecular weight excluding hydrogens is 455 g/mol. The van der Waals surface area contributed by atoms with Gasteiger partial charge in [0.2, 0.25) is 5.91 Å². The molecule has 2 aromatic rings. The second-order valence-electron chi connectivity index (χ2n) is 7.54. The van der Waals surface area contributed by atoms with Gasteiger partial charge in [-0.2, -0.15) is 0 Å². The van der Waals surface area contributed by atoms with Crippen LogP contribution in [0.25, 0.3) is 0 Å². The number of rotatable bonds is 4. The molecule has 0 aromatic heterocycles. The molecule has 32 heavy (non-hydrogen) atoms. The van der Waals surface area contributed by atoms with Crippen LogP contribution in [0.5, 0.6) is 0 Å². The van der Waals surface area contributed by atoms with E-state index in [1.807, 2.05) is 0 Å². The minimum absolute atomic E-state index is 0.0262. The summed E-state index contributed by atoms with van der Waals surface area (Å²) in [6.45, 7) is 1.35. The number of ether oxygens (including phenoxy) is 1. The maximum atomic E-state index is 14.7. The first kappa shape index (κ1) is 22.4. The molecule has 10 heteroatoms. The van der Waals surface area contributed by atoms with Crippen LogP contribution in [0, 0.1) is 5.82 Å². The first-order chi connectivity index (χ1) is 15.4. The first-order valence-corrected chi connectivity index (χ1v) is 11.0. The number of thiocarbonyl (C=S) groups is 1.